The van der Waals surface area contributed by atoms with Crippen molar-refractivity contribution < 1.29 is 33.0 Å². The maximum Gasteiger partial charge on any atom is 0.408 e. The molecule has 15 heteroatoms. The smallest absolute Gasteiger partial charge is 0.408 e. The van der Waals surface area contributed by atoms with Crippen LogP contribution < -0.4 is 10.9 Å². The van der Waals surface area contributed by atoms with E-state index in [-0.39, 0.29) is 69.3 Å². The number of H-pyrrole nitrogens is 1. The van der Waals surface area contributed by atoms with E-state index in [9.17, 15) is 28.4 Å². The van der Waals surface area contributed by atoms with Gasteiger partial charge in [0.25, 0.3) is 11.5 Å². The fourth-order valence-corrected chi connectivity index (χ4v) is 7.06. The first-order valence-electron chi connectivity index (χ1n) is 16.9. The van der Waals surface area contributed by atoms with Gasteiger partial charge in [-0.1, -0.05) is 24.3 Å². The molecule has 0 radical (unpaired) electrons. The number of carbonyl (C=O) groups excluding carboxylic acids is 4. The van der Waals surface area contributed by atoms with Gasteiger partial charge in [-0.2, -0.15) is 11.5 Å². The van der Waals surface area contributed by atoms with Crippen molar-refractivity contribution in [3.8, 4) is 0 Å². The van der Waals surface area contributed by atoms with E-state index in [4.69, 9.17) is 9.47 Å². The number of aromatic nitrogens is 2. The molecule has 2 aromatic carbocycles. The molecule has 4 heterocycles. The molecule has 2 bridgehead atoms. The van der Waals surface area contributed by atoms with Gasteiger partial charge < -0.3 is 34.3 Å². The number of hydrogen-bond donors (Lipinski definition) is 2. The molecule has 4 aliphatic rings. The molecule has 3 aromatic rings. The minimum Gasteiger partial charge on any atom is -0.520 e. The van der Waals surface area contributed by atoms with Crippen molar-refractivity contribution in [3.05, 3.63) is 75.5 Å². The molecule has 0 spiro atoms. The van der Waals surface area contributed by atoms with Crippen LogP contribution in [-0.4, -0.2) is 112 Å². The van der Waals surface area contributed by atoms with Crippen LogP contribution in [0.4, 0.5) is 9.18 Å². The second-order valence-electron chi connectivity index (χ2n) is 14.5. The van der Waals surface area contributed by atoms with E-state index in [1.165, 1.54) is 21.9 Å². The van der Waals surface area contributed by atoms with Gasteiger partial charge in [-0.05, 0) is 70.2 Å². The summed E-state index contributed by atoms with van der Waals surface area (Å²) in [5.41, 5.74) is -0.893. The third kappa shape index (κ3) is 7.98. The summed E-state index contributed by atoms with van der Waals surface area (Å²) in [6, 6.07) is 11.4. The number of alkyl carbamates (subject to hydrolysis) is 1. The number of nitrogens with zero attached hydrogens (tertiary/aromatic N) is 4. The van der Waals surface area contributed by atoms with Gasteiger partial charge in [-0.15, -0.1) is 0 Å². The molecule has 4 amide bonds. The first-order chi connectivity index (χ1) is 23.8. The van der Waals surface area contributed by atoms with Gasteiger partial charge in [0.15, 0.2) is 0 Å². The molecular weight excluding hydrogens is 904 g/mol. The number of rotatable bonds is 9. The quantitative estimate of drug-likeness (QED) is 0.246. The Balaban J connectivity index is 0.00000504. The zero-order valence-corrected chi connectivity index (χ0v) is 31.2. The van der Waals surface area contributed by atoms with Gasteiger partial charge in [0.2, 0.25) is 5.91 Å². The number of benzene rings is 2. The Morgan fingerprint density at radius 3 is 2.33 bits per heavy atom. The summed E-state index contributed by atoms with van der Waals surface area (Å²) in [5.74, 6) is -1.42. The molecule has 278 valence electrons. The minimum absolute atomic E-state index is 0. The van der Waals surface area contributed by atoms with Crippen molar-refractivity contribution in [2.24, 2.45) is 0 Å². The van der Waals surface area contributed by atoms with E-state index in [1.807, 2.05) is 12.5 Å². The van der Waals surface area contributed by atoms with E-state index in [0.29, 0.717) is 47.7 Å². The van der Waals surface area contributed by atoms with E-state index < -0.39 is 34.6 Å². The average Bonchev–Trinajstić information content (AvgIpc) is 3.09. The second kappa shape index (κ2) is 14.2. The normalized spacial score (nSPS) is 21.5. The van der Waals surface area contributed by atoms with Crippen LogP contribution in [-0.2, 0) is 25.5 Å². The average molecular weight is 947 g/mol. The number of hydrogen-bond acceptors (Lipinski definition) is 8. The number of aromatic amines is 1. The predicted octanol–water partition coefficient (Wildman–Crippen LogP) is 2.91. The summed E-state index contributed by atoms with van der Waals surface area (Å²) in [5, 5.41) is 10.8. The zero-order chi connectivity index (χ0) is 35.7. The Bertz CT molecular complexity index is 1830. The number of fused-ring (bicyclic) bond motifs is 4. The number of ether oxygens (including phenoxy) is 2. The van der Waals surface area contributed by atoms with Crippen molar-refractivity contribution in [2.45, 2.75) is 69.6 Å². The summed E-state index contributed by atoms with van der Waals surface area (Å²) in [7, 11) is 0. The van der Waals surface area contributed by atoms with Crippen LogP contribution in [0.5, 0.6) is 0 Å². The van der Waals surface area contributed by atoms with Gasteiger partial charge in [-0.3, -0.25) is 14.4 Å². The molecule has 3 aliphatic heterocycles. The number of amides is 4. The monoisotopic (exact) mass is 946 g/mol. The summed E-state index contributed by atoms with van der Waals surface area (Å²) in [4.78, 5) is 67.6. The third-order valence-corrected chi connectivity index (χ3v) is 9.80. The minimum atomic E-state index is -0.654. The first-order valence-corrected chi connectivity index (χ1v) is 16.9. The molecule has 1 aromatic heterocycles. The van der Waals surface area contributed by atoms with E-state index in [2.05, 4.69) is 15.5 Å². The molecule has 0 unspecified atom stereocenters. The van der Waals surface area contributed by atoms with Gasteiger partial charge in [0.1, 0.15) is 11.4 Å². The fourth-order valence-electron chi connectivity index (χ4n) is 7.06. The first kappa shape index (κ1) is 36.4. The molecule has 2 N–H and O–H groups in total. The van der Waals surface area contributed by atoms with Crippen LogP contribution >= 0.6 is 0 Å². The number of nitrogens with one attached hydrogen (secondary N) is 2. The Morgan fingerprint density at radius 1 is 1.04 bits per heavy atom. The summed E-state index contributed by atoms with van der Waals surface area (Å²) >= 11 is 0. The van der Waals surface area contributed by atoms with Crippen molar-refractivity contribution in [2.75, 3.05) is 45.9 Å². The van der Waals surface area contributed by atoms with Crippen LogP contribution in [0, 0.1) is 5.82 Å². The summed E-state index contributed by atoms with van der Waals surface area (Å²) in [6.45, 7) is 6.57. The van der Waals surface area contributed by atoms with Crippen LogP contribution in [0.25, 0.3) is 10.8 Å². The van der Waals surface area contributed by atoms with Crippen molar-refractivity contribution in [3.63, 3.8) is 0 Å². The van der Waals surface area contributed by atoms with Crippen LogP contribution in [0.15, 0.2) is 47.3 Å². The zero-order valence-electron chi connectivity index (χ0n) is 28.8. The molecule has 1 aliphatic carbocycles. The molecular formula is C36H42FFmN6O7-. The van der Waals surface area contributed by atoms with Crippen molar-refractivity contribution in [1.82, 2.24) is 30.2 Å². The van der Waals surface area contributed by atoms with Crippen molar-refractivity contribution in [1.29, 1.82) is 0 Å². The van der Waals surface area contributed by atoms with Gasteiger partial charge in [-0.25, -0.2) is 14.3 Å². The Hall–Kier alpha value is -5.85. The molecule has 51 heavy (non-hydrogen) atoms. The van der Waals surface area contributed by atoms with Gasteiger partial charge in [0, 0.05) is 44.5 Å². The van der Waals surface area contributed by atoms with Crippen LogP contribution in [0.3, 0.4) is 0 Å². The Kier molecular flexibility index (Phi) is 10.1. The Morgan fingerprint density at radius 2 is 1.71 bits per heavy atom. The standard InChI is InChI=1S/C36H42FN6O7.Fm/c1-34(2,3)50-33(48)38-35-10-12-36(13-11-35,49-22-35)21-41(23-44)20-30(45)42-14-16-43(17-15-42)32(47)27-18-24(8-9-28(27)37)19-29-25-6-4-5-7-26(25)31(46)40-39-29;/h4-9,18H,10-17,19-22H2,1-3H3,(H,38,48)(H,40,46);/q-1;. The SMILES string of the molecule is CC(C)(C)OC(=O)NC12CCC(CN([C-]=O)CC(=O)N3CCN(C(=O)c4cc(Cc5n[nH]c(=O)c6ccccc56)ccc4F)CC3)(CC1)OC2.[Fm]. The Labute approximate surface area is 289 Å². The van der Waals surface area contributed by atoms with Crippen LogP contribution in [0.2, 0.25) is 0 Å². The maximum absolute atomic E-state index is 14.9. The summed E-state index contributed by atoms with van der Waals surface area (Å²) < 4.78 is 26.6. The topological polar surface area (TPSA) is 154 Å². The van der Waals surface area contributed by atoms with Gasteiger partial charge >= 0.3 is 6.09 Å². The molecule has 4 fully saturated rings. The largest absolute Gasteiger partial charge is 0.520 e. The fraction of sp³-hybridized carbons (Fsp3) is 0.500. The van der Waals surface area contributed by atoms with E-state index >= 15 is 0 Å². The number of halogens is 1. The van der Waals surface area contributed by atoms with E-state index in [0.717, 1.165) is 0 Å². The number of piperazine rings is 1. The van der Waals surface area contributed by atoms with Gasteiger partial charge in [0.05, 0.1) is 40.9 Å². The molecule has 13 nitrogen and oxygen atoms in total. The summed E-state index contributed by atoms with van der Waals surface area (Å²) in [6.07, 6.45) is 4.21. The molecule has 1 saturated carbocycles. The molecule has 3 saturated heterocycles. The van der Waals surface area contributed by atoms with Crippen molar-refractivity contribution >= 4 is 35.1 Å². The van der Waals surface area contributed by atoms with Crippen LogP contribution in [0.1, 0.15) is 68.1 Å². The second-order valence-corrected chi connectivity index (χ2v) is 14.5. The maximum atomic E-state index is 14.9. The third-order valence-electron chi connectivity index (χ3n) is 9.80. The predicted molar refractivity (Wildman–Crippen MR) is 181 cm³/mol. The number of carbonyl (C=O) groups is 3. The molecule has 7 rings (SSSR count). The molecule has 0 atom stereocenters. The van der Waals surface area contributed by atoms with E-state index in [1.54, 1.807) is 49.9 Å².